The maximum atomic E-state index is 13.3. The summed E-state index contributed by atoms with van der Waals surface area (Å²) in [5, 5.41) is 0.574. The van der Waals surface area contributed by atoms with Crippen molar-refractivity contribution in [1.29, 1.82) is 0 Å². The van der Waals surface area contributed by atoms with Crippen LogP contribution in [0.15, 0.2) is 36.4 Å². The van der Waals surface area contributed by atoms with Crippen LogP contribution in [0.3, 0.4) is 0 Å². The summed E-state index contributed by atoms with van der Waals surface area (Å²) in [6.45, 7) is 2.38. The molecule has 0 atom stereocenters. The van der Waals surface area contributed by atoms with Gasteiger partial charge in [-0.15, -0.1) is 0 Å². The number of hydrogen-bond donors (Lipinski definition) is 1. The second-order valence-corrected chi connectivity index (χ2v) is 4.74. The lowest BCUT2D eigenvalue weighted by atomic mass is 10.1. The highest BCUT2D eigenvalue weighted by Gasteiger charge is 2.08. The highest BCUT2D eigenvalue weighted by atomic mass is 35.5. The van der Waals surface area contributed by atoms with Crippen LogP contribution in [0, 0.1) is 12.7 Å². The first kappa shape index (κ1) is 13.8. The predicted molar refractivity (Wildman–Crippen MR) is 75.4 cm³/mol. The molecule has 0 unspecified atom stereocenters. The van der Waals surface area contributed by atoms with Crippen molar-refractivity contribution < 1.29 is 9.13 Å². The predicted octanol–water partition coefficient (Wildman–Crippen LogP) is 4.08. The van der Waals surface area contributed by atoms with Gasteiger partial charge in [0, 0.05) is 11.1 Å². The Bertz CT molecular complexity index is 586. The van der Waals surface area contributed by atoms with Crippen LogP contribution >= 0.6 is 11.6 Å². The molecule has 100 valence electrons. The lowest BCUT2D eigenvalue weighted by molar-refractivity contribution is 0.467. The fraction of sp³-hybridized carbons (Fsp3) is 0.200. The molecule has 0 heterocycles. The normalized spacial score (nSPS) is 10.5. The molecule has 0 bridgehead atoms. The Hall–Kier alpha value is -1.58. The van der Waals surface area contributed by atoms with E-state index in [-0.39, 0.29) is 5.82 Å². The highest BCUT2D eigenvalue weighted by Crippen LogP contribution is 2.31. The average Bonchev–Trinajstić information content (AvgIpc) is 2.37. The van der Waals surface area contributed by atoms with Crippen molar-refractivity contribution in [2.24, 2.45) is 5.73 Å². The number of halogens is 2. The molecule has 0 aliphatic heterocycles. The van der Waals surface area contributed by atoms with E-state index in [1.807, 2.05) is 13.0 Å². The Morgan fingerprint density at radius 2 is 1.95 bits per heavy atom. The topological polar surface area (TPSA) is 35.2 Å². The maximum Gasteiger partial charge on any atom is 0.133 e. The molecule has 0 spiro atoms. The molecular weight excluding hydrogens is 265 g/mol. The van der Waals surface area contributed by atoms with Crippen LogP contribution in [-0.2, 0) is 6.42 Å². The van der Waals surface area contributed by atoms with E-state index in [1.165, 1.54) is 12.1 Å². The van der Waals surface area contributed by atoms with Gasteiger partial charge in [-0.1, -0.05) is 23.7 Å². The molecule has 0 aliphatic carbocycles. The first-order chi connectivity index (χ1) is 9.10. The molecule has 2 nitrogen and oxygen atoms in total. The van der Waals surface area contributed by atoms with Crippen molar-refractivity contribution >= 4 is 11.6 Å². The van der Waals surface area contributed by atoms with E-state index >= 15 is 0 Å². The van der Waals surface area contributed by atoms with Crippen molar-refractivity contribution in [3.8, 4) is 11.5 Å². The van der Waals surface area contributed by atoms with Gasteiger partial charge in [0.05, 0.1) is 0 Å². The van der Waals surface area contributed by atoms with Crippen LogP contribution in [-0.4, -0.2) is 6.54 Å². The molecule has 0 amide bonds. The Morgan fingerprint density at radius 1 is 1.16 bits per heavy atom. The van der Waals surface area contributed by atoms with Crippen LogP contribution < -0.4 is 10.5 Å². The van der Waals surface area contributed by atoms with E-state index in [2.05, 4.69) is 0 Å². The molecule has 0 saturated heterocycles. The highest BCUT2D eigenvalue weighted by molar-refractivity contribution is 6.30. The molecule has 19 heavy (non-hydrogen) atoms. The molecule has 2 rings (SSSR count). The SMILES string of the molecule is Cc1ccc(F)cc1Oc1cc(Cl)ccc1CCN. The van der Waals surface area contributed by atoms with E-state index in [0.717, 1.165) is 11.1 Å². The molecule has 4 heteroatoms. The molecule has 0 aromatic heterocycles. The molecule has 0 aliphatic rings. The van der Waals surface area contributed by atoms with Gasteiger partial charge in [-0.25, -0.2) is 4.39 Å². The minimum Gasteiger partial charge on any atom is -0.457 e. The molecule has 2 N–H and O–H groups in total. The number of rotatable bonds is 4. The maximum absolute atomic E-state index is 13.3. The summed E-state index contributed by atoms with van der Waals surface area (Å²) in [5.74, 6) is 0.773. The largest absolute Gasteiger partial charge is 0.457 e. The van der Waals surface area contributed by atoms with Crippen molar-refractivity contribution in [2.45, 2.75) is 13.3 Å². The molecule has 2 aromatic carbocycles. The van der Waals surface area contributed by atoms with Gasteiger partial charge >= 0.3 is 0 Å². The Morgan fingerprint density at radius 3 is 2.68 bits per heavy atom. The smallest absolute Gasteiger partial charge is 0.133 e. The lowest BCUT2D eigenvalue weighted by Gasteiger charge is -2.13. The monoisotopic (exact) mass is 279 g/mol. The number of hydrogen-bond acceptors (Lipinski definition) is 2. The van der Waals surface area contributed by atoms with Gasteiger partial charge in [-0.2, -0.15) is 0 Å². The number of ether oxygens (including phenoxy) is 1. The van der Waals surface area contributed by atoms with Gasteiger partial charge in [0.2, 0.25) is 0 Å². The van der Waals surface area contributed by atoms with Crippen molar-refractivity contribution in [3.05, 3.63) is 58.4 Å². The van der Waals surface area contributed by atoms with Crippen molar-refractivity contribution in [1.82, 2.24) is 0 Å². The van der Waals surface area contributed by atoms with Crippen molar-refractivity contribution in [3.63, 3.8) is 0 Å². The van der Waals surface area contributed by atoms with Gasteiger partial charge in [-0.3, -0.25) is 0 Å². The molecule has 0 fully saturated rings. The van der Waals surface area contributed by atoms with E-state index in [1.54, 1.807) is 18.2 Å². The summed E-state index contributed by atoms with van der Waals surface area (Å²) in [7, 11) is 0. The molecule has 0 saturated carbocycles. The minimum atomic E-state index is -0.331. The second kappa shape index (κ2) is 6.04. The Balaban J connectivity index is 2.36. The summed E-state index contributed by atoms with van der Waals surface area (Å²) < 4.78 is 19.0. The quantitative estimate of drug-likeness (QED) is 0.915. The first-order valence-corrected chi connectivity index (χ1v) is 6.40. The van der Waals surface area contributed by atoms with E-state index in [9.17, 15) is 4.39 Å². The number of benzene rings is 2. The molecule has 2 aromatic rings. The van der Waals surface area contributed by atoms with Crippen LogP contribution in [0.1, 0.15) is 11.1 Å². The Kier molecular flexibility index (Phi) is 4.40. The van der Waals surface area contributed by atoms with Gasteiger partial charge in [0.25, 0.3) is 0 Å². The van der Waals surface area contributed by atoms with E-state index in [0.29, 0.717) is 29.5 Å². The molecular formula is C15H15ClFNO. The van der Waals surface area contributed by atoms with Gasteiger partial charge in [0.1, 0.15) is 17.3 Å². The summed E-state index contributed by atoms with van der Waals surface area (Å²) in [6.07, 6.45) is 0.681. The zero-order valence-corrected chi connectivity index (χ0v) is 11.4. The third kappa shape index (κ3) is 3.46. The fourth-order valence-electron chi connectivity index (χ4n) is 1.79. The van der Waals surface area contributed by atoms with Crippen LogP contribution in [0.4, 0.5) is 4.39 Å². The summed E-state index contributed by atoms with van der Waals surface area (Å²) in [5.41, 5.74) is 7.38. The summed E-state index contributed by atoms with van der Waals surface area (Å²) in [6, 6.07) is 9.83. The number of aryl methyl sites for hydroxylation is 1. The fourth-order valence-corrected chi connectivity index (χ4v) is 1.95. The summed E-state index contributed by atoms with van der Waals surface area (Å²) >= 11 is 5.97. The Labute approximate surface area is 117 Å². The zero-order chi connectivity index (χ0) is 13.8. The van der Waals surface area contributed by atoms with Gasteiger partial charge in [-0.05, 0) is 49.2 Å². The van der Waals surface area contributed by atoms with E-state index < -0.39 is 0 Å². The van der Waals surface area contributed by atoms with Crippen LogP contribution in [0.5, 0.6) is 11.5 Å². The average molecular weight is 280 g/mol. The van der Waals surface area contributed by atoms with Gasteiger partial charge in [0.15, 0.2) is 0 Å². The van der Waals surface area contributed by atoms with E-state index in [4.69, 9.17) is 22.1 Å². The first-order valence-electron chi connectivity index (χ1n) is 6.02. The van der Waals surface area contributed by atoms with Gasteiger partial charge < -0.3 is 10.5 Å². The summed E-state index contributed by atoms with van der Waals surface area (Å²) in [4.78, 5) is 0. The minimum absolute atomic E-state index is 0.331. The van der Waals surface area contributed by atoms with Crippen LogP contribution in [0.2, 0.25) is 5.02 Å². The standard InChI is InChI=1S/C15H15ClFNO/c1-10-2-5-13(17)9-14(10)19-15-8-12(16)4-3-11(15)6-7-18/h2-5,8-9H,6-7,18H2,1H3. The van der Waals surface area contributed by atoms with Crippen LogP contribution in [0.25, 0.3) is 0 Å². The zero-order valence-electron chi connectivity index (χ0n) is 10.6. The lowest BCUT2D eigenvalue weighted by Crippen LogP contribution is -2.04. The third-order valence-corrected chi connectivity index (χ3v) is 3.05. The molecule has 0 radical (unpaired) electrons. The third-order valence-electron chi connectivity index (χ3n) is 2.81. The van der Waals surface area contributed by atoms with Crippen molar-refractivity contribution in [2.75, 3.05) is 6.54 Å². The second-order valence-electron chi connectivity index (χ2n) is 4.30. The number of nitrogens with two attached hydrogens (primary N) is 1.